The molecule has 0 bridgehead atoms. The van der Waals surface area contributed by atoms with Gasteiger partial charge in [-0.25, -0.2) is 9.97 Å². The highest BCUT2D eigenvalue weighted by molar-refractivity contribution is 5.95. The van der Waals surface area contributed by atoms with E-state index in [2.05, 4.69) is 15.1 Å². The molecule has 20 heavy (non-hydrogen) atoms. The first kappa shape index (κ1) is 13.8. The smallest absolute Gasteiger partial charge is 0.288 e. The van der Waals surface area contributed by atoms with E-state index in [-0.39, 0.29) is 17.3 Å². The molecule has 0 saturated carbocycles. The highest BCUT2D eigenvalue weighted by atomic mass is 16.6. The molecule has 2 rings (SSSR count). The van der Waals surface area contributed by atoms with Gasteiger partial charge in [0.15, 0.2) is 5.82 Å². The maximum absolute atomic E-state index is 12.3. The standard InChI is InChI=1S/C12H13N5O3/c1-7-4-8(2)15-12(14-7)11(18)9(3)16-6-10(5-13-16)17(19)20/h4-6,9H,1-3H3/t9-/m1/s1. The number of hydrogen-bond acceptors (Lipinski definition) is 6. The molecule has 8 heteroatoms. The zero-order chi connectivity index (χ0) is 14.9. The Balaban J connectivity index is 2.29. The van der Waals surface area contributed by atoms with Crippen LogP contribution in [0, 0.1) is 24.0 Å². The molecule has 0 N–H and O–H groups in total. The fraction of sp³-hybridized carbons (Fsp3) is 0.333. The lowest BCUT2D eigenvalue weighted by Crippen LogP contribution is -2.20. The molecule has 2 heterocycles. The van der Waals surface area contributed by atoms with Crippen LogP contribution in [0.3, 0.4) is 0 Å². The molecule has 0 saturated heterocycles. The summed E-state index contributed by atoms with van der Waals surface area (Å²) in [5, 5.41) is 14.4. The Morgan fingerprint density at radius 3 is 2.45 bits per heavy atom. The number of carbonyl (C=O) groups excluding carboxylic acids is 1. The van der Waals surface area contributed by atoms with E-state index in [0.717, 1.165) is 6.20 Å². The molecular weight excluding hydrogens is 262 g/mol. The zero-order valence-corrected chi connectivity index (χ0v) is 11.3. The van der Waals surface area contributed by atoms with E-state index in [4.69, 9.17) is 0 Å². The SMILES string of the molecule is Cc1cc(C)nc(C(=O)[C@@H](C)n2cc([N+](=O)[O-])cn2)n1. The molecule has 2 aromatic heterocycles. The van der Waals surface area contributed by atoms with Gasteiger partial charge in [-0.2, -0.15) is 5.10 Å². The van der Waals surface area contributed by atoms with Crippen molar-refractivity contribution < 1.29 is 9.72 Å². The topological polar surface area (TPSA) is 104 Å². The Morgan fingerprint density at radius 2 is 1.95 bits per heavy atom. The Morgan fingerprint density at radius 1 is 1.35 bits per heavy atom. The number of nitrogens with zero attached hydrogens (tertiary/aromatic N) is 5. The van der Waals surface area contributed by atoms with Crippen molar-refractivity contribution in [3.05, 3.63) is 45.8 Å². The van der Waals surface area contributed by atoms with Gasteiger partial charge >= 0.3 is 5.69 Å². The van der Waals surface area contributed by atoms with E-state index in [1.54, 1.807) is 26.8 Å². The van der Waals surface area contributed by atoms with Crippen molar-refractivity contribution in [2.75, 3.05) is 0 Å². The van der Waals surface area contributed by atoms with E-state index in [9.17, 15) is 14.9 Å². The van der Waals surface area contributed by atoms with Crippen LogP contribution in [0.2, 0.25) is 0 Å². The first-order chi connectivity index (χ1) is 9.38. The van der Waals surface area contributed by atoms with Crippen molar-refractivity contribution >= 4 is 11.5 Å². The monoisotopic (exact) mass is 275 g/mol. The molecule has 8 nitrogen and oxygen atoms in total. The average Bonchev–Trinajstić information content (AvgIpc) is 2.85. The Kier molecular flexibility index (Phi) is 3.55. The van der Waals surface area contributed by atoms with E-state index in [1.807, 2.05) is 0 Å². The van der Waals surface area contributed by atoms with Crippen LogP contribution in [-0.2, 0) is 0 Å². The van der Waals surface area contributed by atoms with Crippen LogP contribution in [0.25, 0.3) is 0 Å². The van der Waals surface area contributed by atoms with Gasteiger partial charge in [0.05, 0.1) is 4.92 Å². The number of rotatable bonds is 4. The minimum absolute atomic E-state index is 0.0909. The van der Waals surface area contributed by atoms with Gasteiger partial charge in [0.2, 0.25) is 5.78 Å². The molecule has 0 aromatic carbocycles. The van der Waals surface area contributed by atoms with Gasteiger partial charge in [-0.15, -0.1) is 0 Å². The number of ketones is 1. The molecular formula is C12H13N5O3. The highest BCUT2D eigenvalue weighted by Gasteiger charge is 2.22. The predicted molar refractivity (Wildman–Crippen MR) is 69.4 cm³/mol. The van der Waals surface area contributed by atoms with Crippen LogP contribution in [0.15, 0.2) is 18.5 Å². The van der Waals surface area contributed by atoms with Gasteiger partial charge in [0.1, 0.15) is 18.4 Å². The molecule has 0 spiro atoms. The Hall–Kier alpha value is -2.64. The Bertz CT molecular complexity index is 659. The minimum atomic E-state index is -0.704. The third-order valence-electron chi connectivity index (χ3n) is 2.78. The maximum atomic E-state index is 12.3. The molecule has 0 unspecified atom stereocenters. The molecule has 0 aliphatic heterocycles. The van der Waals surface area contributed by atoms with Crippen LogP contribution < -0.4 is 0 Å². The summed E-state index contributed by atoms with van der Waals surface area (Å²) in [5.41, 5.74) is 1.23. The van der Waals surface area contributed by atoms with E-state index >= 15 is 0 Å². The van der Waals surface area contributed by atoms with Gasteiger partial charge in [-0.05, 0) is 26.8 Å². The molecule has 1 atom stereocenters. The molecule has 0 fully saturated rings. The first-order valence-electron chi connectivity index (χ1n) is 5.93. The lowest BCUT2D eigenvalue weighted by atomic mass is 10.2. The van der Waals surface area contributed by atoms with Crippen LogP contribution in [0.5, 0.6) is 0 Å². The molecule has 0 aliphatic carbocycles. The van der Waals surface area contributed by atoms with E-state index in [0.29, 0.717) is 11.4 Å². The molecule has 0 aliphatic rings. The van der Waals surface area contributed by atoms with Gasteiger partial charge in [0.25, 0.3) is 0 Å². The van der Waals surface area contributed by atoms with Crippen LogP contribution in [0.1, 0.15) is 35.0 Å². The highest BCUT2D eigenvalue weighted by Crippen LogP contribution is 2.16. The molecule has 2 aromatic rings. The van der Waals surface area contributed by atoms with Gasteiger partial charge in [0, 0.05) is 11.4 Å². The number of aromatic nitrogens is 4. The summed E-state index contributed by atoms with van der Waals surface area (Å²) in [6, 6.07) is 1.06. The van der Waals surface area contributed by atoms with Gasteiger partial charge < -0.3 is 0 Å². The van der Waals surface area contributed by atoms with Crippen molar-refractivity contribution in [3.8, 4) is 0 Å². The summed E-state index contributed by atoms with van der Waals surface area (Å²) < 4.78 is 1.24. The predicted octanol–water partition coefficient (Wildman–Crippen LogP) is 1.64. The fourth-order valence-corrected chi connectivity index (χ4v) is 1.78. The number of hydrogen-bond donors (Lipinski definition) is 0. The molecule has 0 amide bonds. The van der Waals surface area contributed by atoms with E-state index < -0.39 is 11.0 Å². The number of carbonyl (C=O) groups is 1. The quantitative estimate of drug-likeness (QED) is 0.477. The maximum Gasteiger partial charge on any atom is 0.307 e. The zero-order valence-electron chi connectivity index (χ0n) is 11.3. The van der Waals surface area contributed by atoms with E-state index in [1.165, 1.54) is 10.9 Å². The van der Waals surface area contributed by atoms with Crippen LogP contribution >= 0.6 is 0 Å². The lowest BCUT2D eigenvalue weighted by molar-refractivity contribution is -0.385. The van der Waals surface area contributed by atoms with Crippen molar-refractivity contribution in [1.82, 2.24) is 19.7 Å². The minimum Gasteiger partial charge on any atom is -0.288 e. The summed E-state index contributed by atoms with van der Waals surface area (Å²) in [6.07, 6.45) is 2.32. The second-order valence-corrected chi connectivity index (χ2v) is 4.45. The van der Waals surface area contributed by atoms with Crippen LogP contribution in [-0.4, -0.2) is 30.5 Å². The van der Waals surface area contributed by atoms with Crippen molar-refractivity contribution in [2.45, 2.75) is 26.8 Å². The second-order valence-electron chi connectivity index (χ2n) is 4.45. The van der Waals surface area contributed by atoms with Crippen molar-refractivity contribution in [2.24, 2.45) is 0 Å². The number of Topliss-reactive ketones (excluding diaryl/α,β-unsaturated/α-hetero) is 1. The summed E-state index contributed by atoms with van der Waals surface area (Å²) in [7, 11) is 0. The van der Waals surface area contributed by atoms with Crippen molar-refractivity contribution in [1.29, 1.82) is 0 Å². The van der Waals surface area contributed by atoms with Gasteiger partial charge in [-0.3, -0.25) is 19.6 Å². The van der Waals surface area contributed by atoms with Crippen LogP contribution in [0.4, 0.5) is 5.69 Å². The summed E-state index contributed by atoms with van der Waals surface area (Å²) >= 11 is 0. The third kappa shape index (κ3) is 2.68. The average molecular weight is 275 g/mol. The molecule has 0 radical (unpaired) electrons. The third-order valence-corrected chi connectivity index (χ3v) is 2.78. The van der Waals surface area contributed by atoms with Gasteiger partial charge in [-0.1, -0.05) is 0 Å². The summed E-state index contributed by atoms with van der Waals surface area (Å²) in [6.45, 7) is 5.14. The first-order valence-corrected chi connectivity index (χ1v) is 5.93. The fourth-order valence-electron chi connectivity index (χ4n) is 1.78. The largest absolute Gasteiger partial charge is 0.307 e. The summed E-state index contributed by atoms with van der Waals surface area (Å²) in [4.78, 5) is 30.5. The lowest BCUT2D eigenvalue weighted by Gasteiger charge is -2.10. The number of nitro groups is 1. The number of aryl methyl sites for hydroxylation is 2. The normalized spacial score (nSPS) is 12.2. The summed E-state index contributed by atoms with van der Waals surface area (Å²) in [5.74, 6) is -0.247. The second kappa shape index (κ2) is 5.16. The molecule has 104 valence electrons. The Labute approximate surface area is 114 Å². The van der Waals surface area contributed by atoms with Crippen molar-refractivity contribution in [3.63, 3.8) is 0 Å².